The van der Waals surface area contributed by atoms with Gasteiger partial charge in [-0.05, 0) is 36.8 Å². The summed E-state index contributed by atoms with van der Waals surface area (Å²) in [5.74, 6) is 0. The number of hydrogen-bond donors (Lipinski definition) is 1. The lowest BCUT2D eigenvalue weighted by Crippen LogP contribution is -2.25. The van der Waals surface area contributed by atoms with Crippen LogP contribution < -0.4 is 10.2 Å². The van der Waals surface area contributed by atoms with Gasteiger partial charge < -0.3 is 4.74 Å². The molecule has 25 heavy (non-hydrogen) atoms. The molecule has 3 rings (SSSR count). The summed E-state index contributed by atoms with van der Waals surface area (Å²) in [6.07, 6.45) is 4.65. The van der Waals surface area contributed by atoms with Gasteiger partial charge in [-0.15, -0.1) is 0 Å². The van der Waals surface area contributed by atoms with Gasteiger partial charge in [-0.1, -0.05) is 23.9 Å². The Balaban J connectivity index is 1.65. The molecule has 2 aliphatic rings. The number of amidine groups is 1. The molecule has 1 aromatic carbocycles. The lowest BCUT2D eigenvalue weighted by molar-refractivity contribution is 0.145. The molecule has 1 saturated carbocycles. The molecule has 8 heteroatoms. The van der Waals surface area contributed by atoms with E-state index in [2.05, 4.69) is 16.4 Å². The summed E-state index contributed by atoms with van der Waals surface area (Å²) < 4.78 is 5.34. The number of aliphatic imine (C=N–C) groups is 1. The van der Waals surface area contributed by atoms with Crippen molar-refractivity contribution in [3.63, 3.8) is 0 Å². The third kappa shape index (κ3) is 3.54. The topological polar surface area (TPSA) is 102 Å². The number of hydrogen-bond acceptors (Lipinski definition) is 6. The van der Waals surface area contributed by atoms with Gasteiger partial charge in [0.05, 0.1) is 24.6 Å². The van der Waals surface area contributed by atoms with Gasteiger partial charge in [0.15, 0.2) is 11.4 Å². The molecule has 1 N–H and O–H groups in total. The maximum absolute atomic E-state index is 12.1. The smallest absolute Gasteiger partial charge is 0.414 e. The van der Waals surface area contributed by atoms with Gasteiger partial charge in [0.2, 0.25) is 0 Å². The standard InChI is InChI=1S/C17H17N5O2S/c1-25-15(21-11-19)20-8-14-9-22(16(23)24-14)13-4-2-12(3-5-13)17(10-18)6-7-17/h2-5,14H,6-9H2,1H3,(H,20,21)/t14-/m0/s1. The van der Waals surface area contributed by atoms with Crippen LogP contribution >= 0.6 is 11.8 Å². The molecule has 0 unspecified atom stereocenters. The van der Waals surface area contributed by atoms with Crippen LogP contribution in [0.25, 0.3) is 0 Å². The summed E-state index contributed by atoms with van der Waals surface area (Å²) >= 11 is 1.32. The molecule has 1 aliphatic carbocycles. The number of ether oxygens (including phenoxy) is 1. The zero-order valence-electron chi connectivity index (χ0n) is 13.7. The molecule has 1 saturated heterocycles. The van der Waals surface area contributed by atoms with Crippen LogP contribution in [0.15, 0.2) is 29.3 Å². The average Bonchev–Trinajstić information content (AvgIpc) is 3.35. The number of cyclic esters (lactones) is 1. The van der Waals surface area contributed by atoms with Crippen LogP contribution in [0.4, 0.5) is 10.5 Å². The van der Waals surface area contributed by atoms with E-state index in [0.29, 0.717) is 18.3 Å². The molecule has 0 bridgehead atoms. The third-order valence-electron chi connectivity index (χ3n) is 4.36. The molecule has 0 radical (unpaired) electrons. The molecular formula is C17H17N5O2S. The number of anilines is 1. The Morgan fingerprint density at radius 2 is 2.16 bits per heavy atom. The first-order chi connectivity index (χ1) is 12.1. The number of rotatable bonds is 4. The lowest BCUT2D eigenvalue weighted by atomic mass is 9.97. The van der Waals surface area contributed by atoms with Crippen molar-refractivity contribution in [3.8, 4) is 12.3 Å². The van der Waals surface area contributed by atoms with E-state index >= 15 is 0 Å². The summed E-state index contributed by atoms with van der Waals surface area (Å²) in [6.45, 7) is 0.696. The van der Waals surface area contributed by atoms with Crippen molar-refractivity contribution in [1.82, 2.24) is 5.32 Å². The molecule has 0 spiro atoms. The Bertz CT molecular complexity index is 774. The van der Waals surface area contributed by atoms with Crippen LogP contribution in [0, 0.1) is 22.8 Å². The van der Waals surface area contributed by atoms with Gasteiger partial charge in [-0.25, -0.2) is 4.79 Å². The quantitative estimate of drug-likeness (QED) is 0.385. The first kappa shape index (κ1) is 17.1. The Morgan fingerprint density at radius 3 is 2.72 bits per heavy atom. The number of amides is 1. The maximum Gasteiger partial charge on any atom is 0.414 e. The molecule has 1 atom stereocenters. The second-order valence-corrected chi connectivity index (χ2v) is 6.74. The van der Waals surface area contributed by atoms with Gasteiger partial charge in [-0.2, -0.15) is 10.5 Å². The fourth-order valence-corrected chi connectivity index (χ4v) is 3.12. The summed E-state index contributed by atoms with van der Waals surface area (Å²) in [6, 6.07) is 9.89. The maximum atomic E-state index is 12.1. The number of carbonyl (C=O) groups excluding carboxylic acids is 1. The zero-order chi connectivity index (χ0) is 17.9. The third-order valence-corrected chi connectivity index (χ3v) is 4.98. The van der Waals surface area contributed by atoms with Crippen molar-refractivity contribution in [2.24, 2.45) is 4.99 Å². The highest BCUT2D eigenvalue weighted by Crippen LogP contribution is 2.47. The number of nitriles is 2. The summed E-state index contributed by atoms with van der Waals surface area (Å²) in [7, 11) is 0. The van der Waals surface area contributed by atoms with E-state index in [1.165, 1.54) is 11.8 Å². The molecule has 7 nitrogen and oxygen atoms in total. The van der Waals surface area contributed by atoms with Gasteiger partial charge in [0, 0.05) is 5.69 Å². The number of nitrogens with one attached hydrogen (secondary N) is 1. The summed E-state index contributed by atoms with van der Waals surface area (Å²) in [5.41, 5.74) is 1.41. The number of benzene rings is 1. The Morgan fingerprint density at radius 1 is 1.44 bits per heavy atom. The fraction of sp³-hybridized carbons (Fsp3) is 0.412. The largest absolute Gasteiger partial charge is 0.442 e. The predicted octanol–water partition coefficient (Wildman–Crippen LogP) is 2.36. The van der Waals surface area contributed by atoms with E-state index in [0.717, 1.165) is 24.1 Å². The van der Waals surface area contributed by atoms with E-state index in [1.807, 2.05) is 36.7 Å². The predicted molar refractivity (Wildman–Crippen MR) is 95.1 cm³/mol. The first-order valence-electron chi connectivity index (χ1n) is 7.85. The van der Waals surface area contributed by atoms with Crippen molar-refractivity contribution >= 4 is 28.7 Å². The molecule has 1 amide bonds. The lowest BCUT2D eigenvalue weighted by Gasteiger charge is -2.14. The molecule has 1 aromatic rings. The fourth-order valence-electron chi connectivity index (χ4n) is 2.77. The second-order valence-electron chi connectivity index (χ2n) is 5.94. The Hall–Kier alpha value is -2.71. The van der Waals surface area contributed by atoms with E-state index in [-0.39, 0.29) is 11.5 Å². The van der Waals surface area contributed by atoms with Crippen LogP contribution in [-0.2, 0) is 10.2 Å². The van der Waals surface area contributed by atoms with Gasteiger partial charge in [-0.3, -0.25) is 15.2 Å². The molecule has 2 fully saturated rings. The number of carbonyl (C=O) groups is 1. The highest BCUT2D eigenvalue weighted by atomic mass is 32.2. The highest BCUT2D eigenvalue weighted by molar-refractivity contribution is 8.13. The highest BCUT2D eigenvalue weighted by Gasteiger charge is 2.44. The van der Waals surface area contributed by atoms with E-state index in [1.54, 1.807) is 4.90 Å². The minimum Gasteiger partial charge on any atom is -0.442 e. The SMILES string of the molecule is CSC(=NC[C@H]1CN(c2ccc(C3(C#N)CC3)cc2)C(=O)O1)NC#N. The van der Waals surface area contributed by atoms with Crippen molar-refractivity contribution in [1.29, 1.82) is 10.5 Å². The van der Waals surface area contributed by atoms with E-state index in [9.17, 15) is 10.1 Å². The molecule has 0 aromatic heterocycles. The summed E-state index contributed by atoms with van der Waals surface area (Å²) in [5, 5.41) is 20.9. The van der Waals surface area contributed by atoms with Crippen LogP contribution in [0.3, 0.4) is 0 Å². The van der Waals surface area contributed by atoms with Crippen molar-refractivity contribution < 1.29 is 9.53 Å². The van der Waals surface area contributed by atoms with Crippen LogP contribution in [0.5, 0.6) is 0 Å². The second kappa shape index (κ2) is 7.04. The number of nitrogens with zero attached hydrogens (tertiary/aromatic N) is 4. The van der Waals surface area contributed by atoms with Gasteiger partial charge in [0.1, 0.15) is 6.10 Å². The monoisotopic (exact) mass is 355 g/mol. The zero-order valence-corrected chi connectivity index (χ0v) is 14.5. The van der Waals surface area contributed by atoms with Crippen molar-refractivity contribution in [2.45, 2.75) is 24.4 Å². The molecule has 1 aliphatic heterocycles. The minimum absolute atomic E-state index is 0.294. The van der Waals surface area contributed by atoms with Gasteiger partial charge in [0.25, 0.3) is 0 Å². The van der Waals surface area contributed by atoms with Crippen LogP contribution in [-0.4, -0.2) is 36.7 Å². The molecule has 1 heterocycles. The van der Waals surface area contributed by atoms with E-state index in [4.69, 9.17) is 10.00 Å². The van der Waals surface area contributed by atoms with Crippen molar-refractivity contribution in [3.05, 3.63) is 29.8 Å². The molecule has 128 valence electrons. The van der Waals surface area contributed by atoms with Crippen LogP contribution in [0.1, 0.15) is 18.4 Å². The minimum atomic E-state index is -0.409. The Kier molecular flexibility index (Phi) is 4.82. The van der Waals surface area contributed by atoms with Gasteiger partial charge >= 0.3 is 6.09 Å². The molecular weight excluding hydrogens is 338 g/mol. The van der Waals surface area contributed by atoms with Crippen molar-refractivity contribution in [2.75, 3.05) is 24.2 Å². The Labute approximate surface area is 150 Å². The van der Waals surface area contributed by atoms with Crippen LogP contribution in [0.2, 0.25) is 0 Å². The number of thioether (sulfide) groups is 1. The summed E-state index contributed by atoms with van der Waals surface area (Å²) in [4.78, 5) is 17.9. The average molecular weight is 355 g/mol. The first-order valence-corrected chi connectivity index (χ1v) is 9.08. The van der Waals surface area contributed by atoms with E-state index < -0.39 is 6.09 Å². The normalized spacial score (nSPS) is 21.2.